The molecule has 1 unspecified atom stereocenters. The maximum atomic E-state index is 12.1. The van der Waals surface area contributed by atoms with Gasteiger partial charge in [0.1, 0.15) is 0 Å². The van der Waals surface area contributed by atoms with Gasteiger partial charge in [-0.2, -0.15) is 0 Å². The number of nitrogens with one attached hydrogen (secondary N) is 1. The van der Waals surface area contributed by atoms with Gasteiger partial charge in [-0.15, -0.1) is 11.3 Å². The van der Waals surface area contributed by atoms with Crippen LogP contribution in [0.2, 0.25) is 0 Å². The van der Waals surface area contributed by atoms with Crippen molar-refractivity contribution in [1.82, 2.24) is 5.32 Å². The first-order valence-electron chi connectivity index (χ1n) is 6.87. The Labute approximate surface area is 133 Å². The lowest BCUT2D eigenvalue weighted by Gasteiger charge is -2.11. The largest absolute Gasteiger partial charge is 0.493 e. The number of carbonyl (C=O) groups is 1. The zero-order valence-electron chi connectivity index (χ0n) is 12.5. The van der Waals surface area contributed by atoms with E-state index in [1.165, 1.54) is 18.4 Å². The van der Waals surface area contributed by atoms with E-state index in [0.29, 0.717) is 30.0 Å². The van der Waals surface area contributed by atoms with Crippen molar-refractivity contribution in [3.63, 3.8) is 0 Å². The van der Waals surface area contributed by atoms with Crippen LogP contribution in [0.25, 0.3) is 0 Å². The minimum Gasteiger partial charge on any atom is -0.493 e. The molecular weight excluding hydrogens is 302 g/mol. The molecule has 2 aromatic rings. The van der Waals surface area contributed by atoms with Crippen LogP contribution in [0.15, 0.2) is 35.7 Å². The molecule has 1 atom stereocenters. The van der Waals surface area contributed by atoms with E-state index in [4.69, 9.17) is 9.47 Å². The normalized spacial score (nSPS) is 11.8. The van der Waals surface area contributed by atoms with Crippen LogP contribution in [0.5, 0.6) is 11.5 Å². The number of ether oxygens (including phenoxy) is 2. The lowest BCUT2D eigenvalue weighted by Crippen LogP contribution is -2.25. The van der Waals surface area contributed by atoms with Crippen molar-refractivity contribution in [3.8, 4) is 11.5 Å². The number of hydrogen-bond acceptors (Lipinski definition) is 5. The number of carbonyl (C=O) groups excluding carboxylic acids is 1. The third-order valence-corrected chi connectivity index (χ3v) is 4.19. The van der Waals surface area contributed by atoms with E-state index in [9.17, 15) is 9.90 Å². The van der Waals surface area contributed by atoms with Gasteiger partial charge in [0.2, 0.25) is 0 Å². The van der Waals surface area contributed by atoms with Gasteiger partial charge in [-0.1, -0.05) is 6.07 Å². The van der Waals surface area contributed by atoms with Crippen LogP contribution in [-0.2, 0) is 0 Å². The van der Waals surface area contributed by atoms with Gasteiger partial charge in [0, 0.05) is 17.0 Å². The maximum absolute atomic E-state index is 12.1. The van der Waals surface area contributed by atoms with Crippen molar-refractivity contribution in [3.05, 3.63) is 46.2 Å². The Hall–Kier alpha value is -2.05. The van der Waals surface area contributed by atoms with E-state index < -0.39 is 6.10 Å². The SMILES string of the molecule is COc1ccc(C(=O)NCCC(O)c2cccs2)cc1OC. The van der Waals surface area contributed by atoms with E-state index in [1.807, 2.05) is 17.5 Å². The first-order chi connectivity index (χ1) is 10.7. The summed E-state index contributed by atoms with van der Waals surface area (Å²) in [5.41, 5.74) is 0.489. The predicted octanol–water partition coefficient (Wildman–Crippen LogP) is 2.62. The zero-order chi connectivity index (χ0) is 15.9. The molecule has 1 heterocycles. The molecular formula is C16H19NO4S. The van der Waals surface area contributed by atoms with Crippen molar-refractivity contribution >= 4 is 17.2 Å². The summed E-state index contributed by atoms with van der Waals surface area (Å²) < 4.78 is 10.3. The smallest absolute Gasteiger partial charge is 0.251 e. The zero-order valence-corrected chi connectivity index (χ0v) is 13.4. The molecule has 118 valence electrons. The molecule has 1 aromatic heterocycles. The fourth-order valence-electron chi connectivity index (χ4n) is 2.03. The van der Waals surface area contributed by atoms with Gasteiger partial charge in [0.25, 0.3) is 5.91 Å². The number of methoxy groups -OCH3 is 2. The first-order valence-corrected chi connectivity index (χ1v) is 7.75. The molecule has 0 radical (unpaired) electrons. The van der Waals surface area contributed by atoms with Crippen LogP contribution in [0.4, 0.5) is 0 Å². The topological polar surface area (TPSA) is 67.8 Å². The van der Waals surface area contributed by atoms with E-state index in [-0.39, 0.29) is 5.91 Å². The molecule has 0 aliphatic carbocycles. The Morgan fingerprint density at radius 1 is 1.27 bits per heavy atom. The molecule has 0 fully saturated rings. The molecule has 1 aromatic carbocycles. The van der Waals surface area contributed by atoms with Crippen molar-refractivity contribution < 1.29 is 19.4 Å². The molecule has 2 N–H and O–H groups in total. The van der Waals surface area contributed by atoms with Gasteiger partial charge in [-0.25, -0.2) is 0 Å². The van der Waals surface area contributed by atoms with Crippen LogP contribution in [0.3, 0.4) is 0 Å². The number of aliphatic hydroxyl groups excluding tert-OH is 1. The van der Waals surface area contributed by atoms with Gasteiger partial charge in [0.05, 0.1) is 20.3 Å². The highest BCUT2D eigenvalue weighted by Gasteiger charge is 2.12. The minimum absolute atomic E-state index is 0.209. The Kier molecular flexibility index (Phi) is 5.80. The van der Waals surface area contributed by atoms with Crippen LogP contribution in [0.1, 0.15) is 27.8 Å². The molecule has 0 spiro atoms. The van der Waals surface area contributed by atoms with Crippen molar-refractivity contribution in [1.29, 1.82) is 0 Å². The molecule has 1 amide bonds. The second kappa shape index (κ2) is 7.82. The van der Waals surface area contributed by atoms with E-state index in [2.05, 4.69) is 5.32 Å². The summed E-state index contributed by atoms with van der Waals surface area (Å²) in [5, 5.41) is 14.7. The summed E-state index contributed by atoms with van der Waals surface area (Å²) in [6.07, 6.45) is -0.0785. The highest BCUT2D eigenvalue weighted by atomic mass is 32.1. The maximum Gasteiger partial charge on any atom is 0.251 e. The third-order valence-electron chi connectivity index (χ3n) is 3.22. The summed E-state index contributed by atoms with van der Waals surface area (Å²) >= 11 is 1.50. The van der Waals surface area contributed by atoms with Crippen LogP contribution >= 0.6 is 11.3 Å². The average Bonchev–Trinajstić information content (AvgIpc) is 3.08. The van der Waals surface area contributed by atoms with E-state index in [0.717, 1.165) is 4.88 Å². The lowest BCUT2D eigenvalue weighted by molar-refractivity contribution is 0.0943. The second-order valence-corrected chi connectivity index (χ2v) is 5.62. The van der Waals surface area contributed by atoms with E-state index >= 15 is 0 Å². The quantitative estimate of drug-likeness (QED) is 0.822. The first kappa shape index (κ1) is 16.3. The minimum atomic E-state index is -0.550. The molecule has 5 nitrogen and oxygen atoms in total. The van der Waals surface area contributed by atoms with Crippen LogP contribution < -0.4 is 14.8 Å². The molecule has 0 saturated heterocycles. The molecule has 0 aliphatic rings. The van der Waals surface area contributed by atoms with Crippen molar-refractivity contribution in [2.24, 2.45) is 0 Å². The Bertz CT molecular complexity index is 613. The van der Waals surface area contributed by atoms with Crippen LogP contribution in [0, 0.1) is 0 Å². The molecule has 0 bridgehead atoms. The van der Waals surface area contributed by atoms with Gasteiger partial charge in [0.15, 0.2) is 11.5 Å². The number of aliphatic hydroxyl groups is 1. The summed E-state index contributed by atoms with van der Waals surface area (Å²) in [6, 6.07) is 8.77. The molecule has 6 heteroatoms. The predicted molar refractivity (Wildman–Crippen MR) is 85.8 cm³/mol. The van der Waals surface area contributed by atoms with Crippen molar-refractivity contribution in [2.75, 3.05) is 20.8 Å². The van der Waals surface area contributed by atoms with E-state index in [1.54, 1.807) is 25.3 Å². The molecule has 0 aliphatic heterocycles. The summed E-state index contributed by atoms with van der Waals surface area (Å²) in [6.45, 7) is 0.395. The summed E-state index contributed by atoms with van der Waals surface area (Å²) in [7, 11) is 3.07. The average molecular weight is 321 g/mol. The third kappa shape index (κ3) is 3.99. The monoisotopic (exact) mass is 321 g/mol. The van der Waals surface area contributed by atoms with Crippen molar-refractivity contribution in [2.45, 2.75) is 12.5 Å². The lowest BCUT2D eigenvalue weighted by atomic mass is 10.1. The Morgan fingerprint density at radius 3 is 2.68 bits per heavy atom. The van der Waals surface area contributed by atoms with Gasteiger partial charge in [-0.05, 0) is 36.1 Å². The van der Waals surface area contributed by atoms with Gasteiger partial charge in [-0.3, -0.25) is 4.79 Å². The summed E-state index contributed by atoms with van der Waals surface area (Å²) in [5.74, 6) is 0.875. The number of amides is 1. The fraction of sp³-hybridized carbons (Fsp3) is 0.312. The standard InChI is InChI=1S/C16H19NO4S/c1-20-13-6-5-11(10-14(13)21-2)16(19)17-8-7-12(18)15-4-3-9-22-15/h3-6,9-10,12,18H,7-8H2,1-2H3,(H,17,19). The molecule has 0 saturated carbocycles. The number of hydrogen-bond donors (Lipinski definition) is 2. The highest BCUT2D eigenvalue weighted by molar-refractivity contribution is 7.10. The second-order valence-electron chi connectivity index (χ2n) is 4.65. The van der Waals surface area contributed by atoms with Crippen LogP contribution in [-0.4, -0.2) is 31.8 Å². The molecule has 22 heavy (non-hydrogen) atoms. The van der Waals surface area contributed by atoms with Gasteiger partial charge < -0.3 is 19.9 Å². The number of benzene rings is 1. The highest BCUT2D eigenvalue weighted by Crippen LogP contribution is 2.27. The Morgan fingerprint density at radius 2 is 2.05 bits per heavy atom. The fourth-order valence-corrected chi connectivity index (χ4v) is 2.77. The molecule has 2 rings (SSSR count). The number of thiophene rings is 1. The van der Waals surface area contributed by atoms with Gasteiger partial charge >= 0.3 is 0 Å². The summed E-state index contributed by atoms with van der Waals surface area (Å²) in [4.78, 5) is 13.0. The number of rotatable bonds is 7. The Balaban J connectivity index is 1.89.